The molecular weight excluding hydrogens is 445 g/mol. The Balaban J connectivity index is 0.00000225. The fraction of sp³-hybridized carbons (Fsp3) is 0.778. The van der Waals surface area contributed by atoms with Gasteiger partial charge in [-0.1, -0.05) is 20.8 Å². The van der Waals surface area contributed by atoms with Crippen LogP contribution in [0, 0.1) is 0 Å². The van der Waals surface area contributed by atoms with Crippen molar-refractivity contribution in [2.24, 2.45) is 4.99 Å². The summed E-state index contributed by atoms with van der Waals surface area (Å²) in [6.07, 6.45) is 3.96. The molecule has 0 bridgehead atoms. The molecule has 3 rings (SSSR count). The van der Waals surface area contributed by atoms with Crippen molar-refractivity contribution in [2.75, 3.05) is 13.6 Å². The first-order valence-electron chi connectivity index (χ1n) is 9.04. The molecule has 0 aromatic carbocycles. The second kappa shape index (κ2) is 8.52. The molecule has 5 nitrogen and oxygen atoms in total. The Kier molecular flexibility index (Phi) is 7.12. The van der Waals surface area contributed by atoms with E-state index in [-0.39, 0.29) is 29.4 Å². The molecule has 0 spiro atoms. The Morgan fingerprint density at radius 2 is 2.12 bits per heavy atom. The minimum absolute atomic E-state index is 0. The molecule has 1 aliphatic heterocycles. The third-order valence-electron chi connectivity index (χ3n) is 4.93. The van der Waals surface area contributed by atoms with Crippen LogP contribution in [-0.2, 0) is 12.0 Å². The summed E-state index contributed by atoms with van der Waals surface area (Å²) in [4.78, 5) is 11.8. The first kappa shape index (κ1) is 20.9. The van der Waals surface area contributed by atoms with Crippen molar-refractivity contribution >= 4 is 41.3 Å². The van der Waals surface area contributed by atoms with Gasteiger partial charge in [-0.2, -0.15) is 0 Å². The molecule has 1 aromatic rings. The van der Waals surface area contributed by atoms with Crippen LogP contribution < -0.4 is 10.6 Å². The average Bonchev–Trinajstić information content (AvgIpc) is 3.11. The first-order valence-corrected chi connectivity index (χ1v) is 9.92. The van der Waals surface area contributed by atoms with E-state index in [1.54, 1.807) is 11.3 Å². The molecule has 1 aliphatic carbocycles. The Hall–Kier alpha value is -0.410. The zero-order chi connectivity index (χ0) is 17.3. The lowest BCUT2D eigenvalue weighted by Crippen LogP contribution is -2.44. The fourth-order valence-corrected chi connectivity index (χ4v) is 4.32. The lowest BCUT2D eigenvalue weighted by molar-refractivity contribution is 0.256. The highest BCUT2D eigenvalue weighted by Gasteiger charge is 2.38. The molecule has 2 fully saturated rings. The molecule has 2 N–H and O–H groups in total. The number of halogens is 1. The lowest BCUT2D eigenvalue weighted by atomic mass is 9.93. The maximum absolute atomic E-state index is 4.74. The number of nitrogens with one attached hydrogen (secondary N) is 2. The minimum atomic E-state index is 0. The minimum Gasteiger partial charge on any atom is -0.352 e. The van der Waals surface area contributed by atoms with Crippen LogP contribution in [0.4, 0.5) is 0 Å². The standard InChI is InChI=1S/C18H31N5S.HI/c1-12-8-13(10-23(12)14-6-7-14)21-17(19-5)20-9-16-22-15(11-24-16)18(2,3)4;/h11-14H,6-10H2,1-5H3,(H2,19,20,21);1H. The monoisotopic (exact) mass is 477 g/mol. The highest BCUT2D eigenvalue weighted by molar-refractivity contribution is 14.0. The summed E-state index contributed by atoms with van der Waals surface area (Å²) in [5.74, 6) is 0.886. The molecule has 1 saturated heterocycles. The van der Waals surface area contributed by atoms with E-state index in [1.165, 1.54) is 19.3 Å². The van der Waals surface area contributed by atoms with Gasteiger partial charge >= 0.3 is 0 Å². The van der Waals surface area contributed by atoms with Gasteiger partial charge in [-0.25, -0.2) is 4.98 Å². The largest absolute Gasteiger partial charge is 0.352 e. The van der Waals surface area contributed by atoms with Crippen LogP contribution in [0.1, 0.15) is 57.7 Å². The summed E-state index contributed by atoms with van der Waals surface area (Å²) < 4.78 is 0. The number of rotatable bonds is 4. The maximum Gasteiger partial charge on any atom is 0.191 e. The number of aromatic nitrogens is 1. The molecule has 2 heterocycles. The van der Waals surface area contributed by atoms with Crippen LogP contribution in [0.25, 0.3) is 0 Å². The Labute approximate surface area is 173 Å². The van der Waals surface area contributed by atoms with Crippen LogP contribution >= 0.6 is 35.3 Å². The van der Waals surface area contributed by atoms with E-state index in [0.29, 0.717) is 12.1 Å². The SMILES string of the molecule is CN=C(NCc1nc(C(C)(C)C)cs1)NC1CC(C)N(C2CC2)C1.I. The maximum atomic E-state index is 4.74. The quantitative estimate of drug-likeness (QED) is 0.397. The van der Waals surface area contributed by atoms with Gasteiger partial charge in [0.15, 0.2) is 5.96 Å². The van der Waals surface area contributed by atoms with Crippen molar-refractivity contribution in [3.05, 3.63) is 16.1 Å². The van der Waals surface area contributed by atoms with Crippen molar-refractivity contribution in [3.8, 4) is 0 Å². The smallest absolute Gasteiger partial charge is 0.191 e. The zero-order valence-electron chi connectivity index (χ0n) is 16.0. The van der Waals surface area contributed by atoms with E-state index in [2.05, 4.69) is 53.6 Å². The Bertz CT molecular complexity index is 591. The van der Waals surface area contributed by atoms with Crippen molar-refractivity contribution in [2.45, 2.75) is 77.0 Å². The average molecular weight is 477 g/mol. The van der Waals surface area contributed by atoms with Gasteiger partial charge in [0.05, 0.1) is 12.2 Å². The molecule has 142 valence electrons. The number of hydrogen-bond donors (Lipinski definition) is 2. The van der Waals surface area contributed by atoms with Gasteiger partial charge in [-0.15, -0.1) is 35.3 Å². The lowest BCUT2D eigenvalue weighted by Gasteiger charge is -2.20. The van der Waals surface area contributed by atoms with E-state index < -0.39 is 0 Å². The van der Waals surface area contributed by atoms with Gasteiger partial charge in [-0.3, -0.25) is 9.89 Å². The highest BCUT2D eigenvalue weighted by Crippen LogP contribution is 2.33. The van der Waals surface area contributed by atoms with Gasteiger partial charge in [0.1, 0.15) is 5.01 Å². The van der Waals surface area contributed by atoms with Gasteiger partial charge in [0.25, 0.3) is 0 Å². The summed E-state index contributed by atoms with van der Waals surface area (Å²) in [6, 6.07) is 2.02. The predicted octanol–water partition coefficient (Wildman–Crippen LogP) is 3.35. The summed E-state index contributed by atoms with van der Waals surface area (Å²) in [7, 11) is 1.84. The number of hydrogen-bond acceptors (Lipinski definition) is 4. The molecule has 25 heavy (non-hydrogen) atoms. The van der Waals surface area contributed by atoms with E-state index in [4.69, 9.17) is 4.98 Å². The third kappa shape index (κ3) is 5.53. The molecule has 2 aliphatic rings. The highest BCUT2D eigenvalue weighted by atomic mass is 127. The van der Waals surface area contributed by atoms with Crippen molar-refractivity contribution < 1.29 is 0 Å². The second-order valence-electron chi connectivity index (χ2n) is 8.16. The molecule has 0 amide bonds. The molecule has 1 aromatic heterocycles. The first-order chi connectivity index (χ1) is 11.4. The molecule has 1 saturated carbocycles. The summed E-state index contributed by atoms with van der Waals surface area (Å²) in [6.45, 7) is 10.8. The van der Waals surface area contributed by atoms with E-state index in [9.17, 15) is 0 Å². The number of guanidine groups is 1. The van der Waals surface area contributed by atoms with E-state index in [1.807, 2.05) is 7.05 Å². The van der Waals surface area contributed by atoms with Crippen LogP contribution in [0.5, 0.6) is 0 Å². The van der Waals surface area contributed by atoms with Crippen molar-refractivity contribution in [3.63, 3.8) is 0 Å². The second-order valence-corrected chi connectivity index (χ2v) is 9.10. The topological polar surface area (TPSA) is 52.6 Å². The molecule has 0 radical (unpaired) electrons. The molecular formula is C18H32IN5S. The number of nitrogens with zero attached hydrogens (tertiary/aromatic N) is 3. The summed E-state index contributed by atoms with van der Waals surface area (Å²) in [5, 5.41) is 10.3. The Morgan fingerprint density at radius 1 is 1.40 bits per heavy atom. The predicted molar refractivity (Wildman–Crippen MR) is 117 cm³/mol. The number of thiazole rings is 1. The normalized spacial score (nSPS) is 24.9. The van der Waals surface area contributed by atoms with E-state index in [0.717, 1.165) is 35.8 Å². The van der Waals surface area contributed by atoms with E-state index >= 15 is 0 Å². The van der Waals surface area contributed by atoms with Gasteiger partial charge in [0.2, 0.25) is 0 Å². The molecule has 7 heteroatoms. The van der Waals surface area contributed by atoms with Crippen molar-refractivity contribution in [1.29, 1.82) is 0 Å². The van der Waals surface area contributed by atoms with Crippen LogP contribution in [0.3, 0.4) is 0 Å². The van der Waals surface area contributed by atoms with Crippen LogP contribution in [0.2, 0.25) is 0 Å². The van der Waals surface area contributed by atoms with Gasteiger partial charge in [-0.05, 0) is 26.2 Å². The summed E-state index contributed by atoms with van der Waals surface area (Å²) >= 11 is 1.72. The number of likely N-dealkylation sites (tertiary alicyclic amines) is 1. The van der Waals surface area contributed by atoms with Crippen molar-refractivity contribution in [1.82, 2.24) is 20.5 Å². The van der Waals surface area contributed by atoms with Crippen LogP contribution in [-0.4, -0.2) is 47.6 Å². The fourth-order valence-electron chi connectivity index (χ4n) is 3.36. The molecule has 2 atom stereocenters. The number of aliphatic imine (C=N–C) groups is 1. The van der Waals surface area contributed by atoms with Gasteiger partial charge in [0, 0.05) is 42.5 Å². The zero-order valence-corrected chi connectivity index (χ0v) is 19.1. The Morgan fingerprint density at radius 3 is 2.68 bits per heavy atom. The van der Waals surface area contributed by atoms with Crippen LogP contribution in [0.15, 0.2) is 10.4 Å². The van der Waals surface area contributed by atoms with Gasteiger partial charge < -0.3 is 10.6 Å². The third-order valence-corrected chi connectivity index (χ3v) is 5.78. The molecule has 2 unspecified atom stereocenters. The summed E-state index contributed by atoms with van der Waals surface area (Å²) in [5.41, 5.74) is 1.28.